The number of rotatable bonds is 6. The third kappa shape index (κ3) is 3.37. The van der Waals surface area contributed by atoms with E-state index in [-0.39, 0.29) is 5.41 Å². The summed E-state index contributed by atoms with van der Waals surface area (Å²) < 4.78 is 0. The van der Waals surface area contributed by atoms with Crippen LogP contribution in [0, 0.1) is 11.3 Å². The maximum atomic E-state index is 6.08. The molecule has 15 heavy (non-hydrogen) atoms. The summed E-state index contributed by atoms with van der Waals surface area (Å²) >= 11 is 13.9. The Labute approximate surface area is 107 Å². The molecule has 3 heteroatoms. The zero-order chi connectivity index (χ0) is 11.3. The van der Waals surface area contributed by atoms with Gasteiger partial charge in [0.15, 0.2) is 0 Å². The van der Waals surface area contributed by atoms with Crippen LogP contribution in [0.2, 0.25) is 0 Å². The first kappa shape index (κ1) is 13.3. The van der Waals surface area contributed by atoms with E-state index in [0.29, 0.717) is 17.7 Å². The second-order valence-electron chi connectivity index (χ2n) is 4.42. The summed E-state index contributed by atoms with van der Waals surface area (Å²) in [6, 6.07) is 2.18. The number of alkyl halides is 2. The molecule has 0 nitrogen and oxygen atoms in total. The van der Waals surface area contributed by atoms with Crippen LogP contribution in [0.25, 0.3) is 0 Å². The molecule has 0 bridgehead atoms. The van der Waals surface area contributed by atoms with Crippen molar-refractivity contribution in [2.75, 3.05) is 11.8 Å². The third-order valence-electron chi connectivity index (χ3n) is 3.25. The molecule has 1 aromatic heterocycles. The highest BCUT2D eigenvalue weighted by atomic mass is 35.5. The SMILES string of the molecule is CC(C)C(CCl)(CCl)CCc1ccsc1. The van der Waals surface area contributed by atoms with Gasteiger partial charge in [-0.25, -0.2) is 0 Å². The highest BCUT2D eigenvalue weighted by Gasteiger charge is 2.31. The first-order valence-electron chi connectivity index (χ1n) is 5.27. The van der Waals surface area contributed by atoms with E-state index < -0.39 is 0 Å². The fourth-order valence-electron chi connectivity index (χ4n) is 1.59. The van der Waals surface area contributed by atoms with Gasteiger partial charge in [0.2, 0.25) is 0 Å². The summed E-state index contributed by atoms with van der Waals surface area (Å²) in [5.41, 5.74) is 1.49. The van der Waals surface area contributed by atoms with Crippen LogP contribution in [0.4, 0.5) is 0 Å². The summed E-state index contributed by atoms with van der Waals surface area (Å²) in [5, 5.41) is 4.32. The topological polar surface area (TPSA) is 0 Å². The van der Waals surface area contributed by atoms with Crippen LogP contribution < -0.4 is 0 Å². The van der Waals surface area contributed by atoms with Gasteiger partial charge in [-0.05, 0) is 41.1 Å². The van der Waals surface area contributed by atoms with Crippen LogP contribution >= 0.6 is 34.5 Å². The predicted octanol–water partition coefficient (Wildman–Crippen LogP) is 4.80. The molecule has 0 aliphatic heterocycles. The van der Waals surface area contributed by atoms with E-state index in [1.807, 2.05) is 0 Å². The molecule has 1 heterocycles. The molecule has 0 amide bonds. The lowest BCUT2D eigenvalue weighted by atomic mass is 9.76. The van der Waals surface area contributed by atoms with E-state index in [0.717, 1.165) is 12.8 Å². The molecule has 0 saturated heterocycles. The van der Waals surface area contributed by atoms with Gasteiger partial charge >= 0.3 is 0 Å². The third-order valence-corrected chi connectivity index (χ3v) is 5.05. The molecule has 0 N–H and O–H groups in total. The van der Waals surface area contributed by atoms with Crippen molar-refractivity contribution in [2.45, 2.75) is 26.7 Å². The Hall–Kier alpha value is 0.280. The molecule has 0 fully saturated rings. The largest absolute Gasteiger partial charge is 0.152 e. The predicted molar refractivity (Wildman–Crippen MR) is 71.4 cm³/mol. The fourth-order valence-corrected chi connectivity index (χ4v) is 3.47. The summed E-state index contributed by atoms with van der Waals surface area (Å²) in [4.78, 5) is 0. The Bertz CT molecular complexity index is 263. The number of thiophene rings is 1. The molecule has 0 aliphatic rings. The highest BCUT2D eigenvalue weighted by Crippen LogP contribution is 2.35. The van der Waals surface area contributed by atoms with Crippen molar-refractivity contribution >= 4 is 34.5 Å². The molecule has 0 unspecified atom stereocenters. The molecular formula is C12H18Cl2S. The van der Waals surface area contributed by atoms with Crippen LogP contribution in [0.15, 0.2) is 16.8 Å². The second-order valence-corrected chi connectivity index (χ2v) is 5.73. The summed E-state index contributed by atoms with van der Waals surface area (Å²) in [6.45, 7) is 4.41. The van der Waals surface area contributed by atoms with Crippen LogP contribution in [0.5, 0.6) is 0 Å². The van der Waals surface area contributed by atoms with Gasteiger partial charge in [-0.1, -0.05) is 13.8 Å². The van der Waals surface area contributed by atoms with Gasteiger partial charge in [0.25, 0.3) is 0 Å². The minimum Gasteiger partial charge on any atom is -0.152 e. The quantitative estimate of drug-likeness (QED) is 0.648. The minimum atomic E-state index is 0.0883. The first-order chi connectivity index (χ1) is 7.14. The molecular weight excluding hydrogens is 247 g/mol. The average molecular weight is 265 g/mol. The standard InChI is InChI=1S/C12H18Cl2S/c1-10(2)12(8-13,9-14)5-3-11-4-6-15-7-11/h4,6-7,10H,3,5,8-9H2,1-2H3. The summed E-state index contributed by atoms with van der Waals surface area (Å²) in [6.07, 6.45) is 2.16. The Morgan fingerprint density at radius 1 is 1.33 bits per heavy atom. The van der Waals surface area contributed by atoms with Crippen LogP contribution in [-0.4, -0.2) is 11.8 Å². The Morgan fingerprint density at radius 3 is 2.40 bits per heavy atom. The van der Waals surface area contributed by atoms with Crippen LogP contribution in [-0.2, 0) is 6.42 Å². The second kappa shape index (κ2) is 6.12. The number of hydrogen-bond acceptors (Lipinski definition) is 1. The smallest absolute Gasteiger partial charge is 0.0293 e. The highest BCUT2D eigenvalue weighted by molar-refractivity contribution is 7.07. The van der Waals surface area contributed by atoms with Gasteiger partial charge in [-0.3, -0.25) is 0 Å². The zero-order valence-electron chi connectivity index (χ0n) is 9.30. The molecule has 0 radical (unpaired) electrons. The monoisotopic (exact) mass is 264 g/mol. The van der Waals surface area contributed by atoms with E-state index in [1.54, 1.807) is 11.3 Å². The molecule has 1 aromatic rings. The Kier molecular flexibility index (Phi) is 5.45. The number of hydrogen-bond donors (Lipinski definition) is 0. The molecule has 0 spiro atoms. The maximum Gasteiger partial charge on any atom is 0.0293 e. The summed E-state index contributed by atoms with van der Waals surface area (Å²) in [7, 11) is 0. The van der Waals surface area contributed by atoms with Crippen molar-refractivity contribution in [1.29, 1.82) is 0 Å². The minimum absolute atomic E-state index is 0.0883. The van der Waals surface area contributed by atoms with Crippen LogP contribution in [0.1, 0.15) is 25.8 Å². The van der Waals surface area contributed by atoms with Gasteiger partial charge in [-0.2, -0.15) is 11.3 Å². The maximum absolute atomic E-state index is 6.08. The normalized spacial score (nSPS) is 12.3. The molecule has 86 valence electrons. The fraction of sp³-hybridized carbons (Fsp3) is 0.667. The van der Waals surface area contributed by atoms with Crippen LogP contribution in [0.3, 0.4) is 0 Å². The van der Waals surface area contributed by atoms with Crippen molar-refractivity contribution in [2.24, 2.45) is 11.3 Å². The molecule has 0 saturated carbocycles. The number of halogens is 2. The van der Waals surface area contributed by atoms with Crippen molar-refractivity contribution in [3.05, 3.63) is 22.4 Å². The molecule has 0 atom stereocenters. The first-order valence-corrected chi connectivity index (χ1v) is 7.29. The zero-order valence-corrected chi connectivity index (χ0v) is 11.6. The lowest BCUT2D eigenvalue weighted by Crippen LogP contribution is -2.32. The lowest BCUT2D eigenvalue weighted by Gasteiger charge is -2.33. The van der Waals surface area contributed by atoms with Gasteiger partial charge in [0.1, 0.15) is 0 Å². The van der Waals surface area contributed by atoms with Gasteiger partial charge in [0, 0.05) is 17.2 Å². The number of aryl methyl sites for hydroxylation is 1. The lowest BCUT2D eigenvalue weighted by molar-refractivity contribution is 0.240. The van der Waals surface area contributed by atoms with Gasteiger partial charge in [0.05, 0.1) is 0 Å². The van der Waals surface area contributed by atoms with Crippen molar-refractivity contribution in [3.8, 4) is 0 Å². The van der Waals surface area contributed by atoms with E-state index >= 15 is 0 Å². The van der Waals surface area contributed by atoms with E-state index in [2.05, 4.69) is 30.7 Å². The van der Waals surface area contributed by atoms with Crippen molar-refractivity contribution < 1.29 is 0 Å². The van der Waals surface area contributed by atoms with Gasteiger partial charge in [-0.15, -0.1) is 23.2 Å². The van der Waals surface area contributed by atoms with Crippen molar-refractivity contribution in [3.63, 3.8) is 0 Å². The van der Waals surface area contributed by atoms with E-state index in [9.17, 15) is 0 Å². The Morgan fingerprint density at radius 2 is 2.00 bits per heavy atom. The average Bonchev–Trinajstić information content (AvgIpc) is 2.72. The van der Waals surface area contributed by atoms with E-state index in [4.69, 9.17) is 23.2 Å². The molecule has 0 aromatic carbocycles. The molecule has 0 aliphatic carbocycles. The van der Waals surface area contributed by atoms with Gasteiger partial charge < -0.3 is 0 Å². The van der Waals surface area contributed by atoms with Crippen molar-refractivity contribution in [1.82, 2.24) is 0 Å². The molecule has 1 rings (SSSR count). The summed E-state index contributed by atoms with van der Waals surface area (Å²) in [5.74, 6) is 1.84. The Balaban J connectivity index is 2.59. The van der Waals surface area contributed by atoms with E-state index in [1.165, 1.54) is 5.56 Å².